The van der Waals surface area contributed by atoms with Gasteiger partial charge in [0, 0.05) is 23.8 Å². The van der Waals surface area contributed by atoms with Crippen LogP contribution in [0.2, 0.25) is 10.0 Å². The standard InChI is InChI=1S/C16H17Cl2FN2OS/c1-16(2,3)23(22)21-15(11-6-12(17)9-20-8-11)10-4-5-14(19)13(18)7-10/h4-9,15,21H,1-3H3/t15?,23-/m1/s1. The fourth-order valence-corrected chi connectivity index (χ4v) is 3.10. The number of rotatable bonds is 4. The summed E-state index contributed by atoms with van der Waals surface area (Å²) >= 11 is 10.5. The molecule has 2 atom stereocenters. The average Bonchev–Trinajstić information content (AvgIpc) is 2.46. The van der Waals surface area contributed by atoms with Gasteiger partial charge in [-0.2, -0.15) is 0 Å². The van der Waals surface area contributed by atoms with Crippen LogP contribution in [0.1, 0.15) is 37.9 Å². The summed E-state index contributed by atoms with van der Waals surface area (Å²) in [6, 6.07) is 5.64. The Bertz CT molecular complexity index is 694. The van der Waals surface area contributed by atoms with Crippen molar-refractivity contribution in [1.82, 2.24) is 9.71 Å². The van der Waals surface area contributed by atoms with Crippen molar-refractivity contribution in [3.05, 3.63) is 63.6 Å². The number of hydrogen-bond acceptors (Lipinski definition) is 3. The van der Waals surface area contributed by atoms with Gasteiger partial charge in [-0.1, -0.05) is 29.3 Å². The van der Waals surface area contributed by atoms with Crippen LogP contribution in [0.5, 0.6) is 0 Å². The third-order valence-corrected chi connectivity index (χ3v) is 5.18. The second-order valence-electron chi connectivity index (χ2n) is 6.04. The predicted octanol–water partition coefficient (Wildman–Crippen LogP) is 4.67. The zero-order valence-corrected chi connectivity index (χ0v) is 15.3. The van der Waals surface area contributed by atoms with E-state index in [0.717, 1.165) is 5.56 Å². The molecule has 1 aromatic carbocycles. The quantitative estimate of drug-likeness (QED) is 0.791. The van der Waals surface area contributed by atoms with Gasteiger partial charge >= 0.3 is 0 Å². The number of hydrogen-bond donors (Lipinski definition) is 1. The van der Waals surface area contributed by atoms with Crippen LogP contribution in [-0.4, -0.2) is 14.3 Å². The molecule has 0 radical (unpaired) electrons. The molecule has 0 bridgehead atoms. The SMILES string of the molecule is CC(C)(C)[S@@+]([O-])NC(c1cncc(Cl)c1)c1ccc(F)c(Cl)c1. The van der Waals surface area contributed by atoms with Crippen molar-refractivity contribution in [2.45, 2.75) is 31.6 Å². The molecule has 1 aromatic heterocycles. The normalized spacial score (nSPS) is 14.6. The van der Waals surface area contributed by atoms with E-state index in [1.54, 1.807) is 18.3 Å². The minimum Gasteiger partial charge on any atom is -0.598 e. The molecule has 0 fully saturated rings. The number of aromatic nitrogens is 1. The fraction of sp³-hybridized carbons (Fsp3) is 0.312. The lowest BCUT2D eigenvalue weighted by Gasteiger charge is -2.28. The highest BCUT2D eigenvalue weighted by Crippen LogP contribution is 2.29. The maximum atomic E-state index is 13.4. The van der Waals surface area contributed by atoms with E-state index in [9.17, 15) is 8.94 Å². The molecule has 0 saturated carbocycles. The fourth-order valence-electron chi connectivity index (χ4n) is 1.89. The van der Waals surface area contributed by atoms with Crippen molar-refractivity contribution in [3.63, 3.8) is 0 Å². The smallest absolute Gasteiger partial charge is 0.141 e. The Morgan fingerprint density at radius 2 is 1.87 bits per heavy atom. The predicted molar refractivity (Wildman–Crippen MR) is 93.5 cm³/mol. The summed E-state index contributed by atoms with van der Waals surface area (Å²) in [5.74, 6) is -0.504. The number of benzene rings is 1. The van der Waals surface area contributed by atoms with Crippen molar-refractivity contribution in [3.8, 4) is 0 Å². The summed E-state index contributed by atoms with van der Waals surface area (Å²) in [7, 11) is 0. The third kappa shape index (κ3) is 4.81. The molecule has 0 saturated heterocycles. The largest absolute Gasteiger partial charge is 0.598 e. The van der Waals surface area contributed by atoms with Crippen molar-refractivity contribution < 1.29 is 8.94 Å². The molecule has 0 aliphatic heterocycles. The van der Waals surface area contributed by atoms with E-state index in [2.05, 4.69) is 9.71 Å². The Balaban J connectivity index is 2.44. The number of pyridine rings is 1. The minimum atomic E-state index is -1.34. The topological polar surface area (TPSA) is 48.0 Å². The summed E-state index contributed by atoms with van der Waals surface area (Å²) in [4.78, 5) is 4.06. The van der Waals surface area contributed by atoms with Crippen LogP contribution in [0.15, 0.2) is 36.7 Å². The van der Waals surface area contributed by atoms with Crippen LogP contribution in [0.25, 0.3) is 0 Å². The van der Waals surface area contributed by atoms with Crippen molar-refractivity contribution in [1.29, 1.82) is 0 Å². The van der Waals surface area contributed by atoms with Crippen LogP contribution in [0.4, 0.5) is 4.39 Å². The Kier molecular flexibility index (Phi) is 5.92. The van der Waals surface area contributed by atoms with Gasteiger partial charge in [0.15, 0.2) is 0 Å². The first kappa shape index (κ1) is 18.5. The maximum Gasteiger partial charge on any atom is 0.141 e. The molecule has 23 heavy (non-hydrogen) atoms. The molecule has 3 nitrogen and oxygen atoms in total. The van der Waals surface area contributed by atoms with Gasteiger partial charge in [-0.05, 0) is 50.1 Å². The molecule has 1 heterocycles. The lowest BCUT2D eigenvalue weighted by Crippen LogP contribution is -2.41. The summed E-state index contributed by atoms with van der Waals surface area (Å²) in [6.45, 7) is 5.59. The minimum absolute atomic E-state index is 0.00540. The Morgan fingerprint density at radius 1 is 1.17 bits per heavy atom. The van der Waals surface area contributed by atoms with E-state index in [1.807, 2.05) is 20.8 Å². The van der Waals surface area contributed by atoms with Gasteiger partial charge < -0.3 is 4.55 Å². The summed E-state index contributed by atoms with van der Waals surface area (Å²) in [5.41, 5.74) is 1.40. The lowest BCUT2D eigenvalue weighted by atomic mass is 10.0. The van der Waals surface area contributed by atoms with E-state index in [4.69, 9.17) is 23.2 Å². The second-order valence-corrected chi connectivity index (χ2v) is 8.88. The number of nitrogens with zero attached hydrogens (tertiary/aromatic N) is 1. The molecule has 2 aromatic rings. The molecule has 1 unspecified atom stereocenters. The first-order valence-electron chi connectivity index (χ1n) is 6.92. The van der Waals surface area contributed by atoms with Crippen LogP contribution in [0, 0.1) is 5.82 Å². The summed E-state index contributed by atoms with van der Waals surface area (Å²) in [6.07, 6.45) is 3.14. The Morgan fingerprint density at radius 3 is 2.43 bits per heavy atom. The van der Waals surface area contributed by atoms with E-state index in [1.165, 1.54) is 18.3 Å². The van der Waals surface area contributed by atoms with E-state index < -0.39 is 28.0 Å². The molecule has 0 spiro atoms. The summed E-state index contributed by atoms with van der Waals surface area (Å²) < 4.78 is 28.5. The van der Waals surface area contributed by atoms with Crippen molar-refractivity contribution in [2.75, 3.05) is 0 Å². The monoisotopic (exact) mass is 374 g/mol. The van der Waals surface area contributed by atoms with E-state index in [-0.39, 0.29) is 5.02 Å². The van der Waals surface area contributed by atoms with Gasteiger partial charge in [0.1, 0.15) is 16.6 Å². The zero-order chi connectivity index (χ0) is 17.2. The van der Waals surface area contributed by atoms with Gasteiger partial charge in [-0.25, -0.2) is 4.39 Å². The van der Waals surface area contributed by atoms with Crippen LogP contribution in [0.3, 0.4) is 0 Å². The maximum absolute atomic E-state index is 13.4. The molecular weight excluding hydrogens is 358 g/mol. The van der Waals surface area contributed by atoms with Crippen molar-refractivity contribution >= 4 is 34.6 Å². The molecule has 124 valence electrons. The zero-order valence-electron chi connectivity index (χ0n) is 12.9. The molecule has 0 aliphatic carbocycles. The van der Waals surface area contributed by atoms with Crippen molar-refractivity contribution in [2.24, 2.45) is 0 Å². The highest BCUT2D eigenvalue weighted by molar-refractivity contribution is 7.90. The van der Waals surface area contributed by atoms with Crippen LogP contribution >= 0.6 is 23.2 Å². The van der Waals surface area contributed by atoms with E-state index >= 15 is 0 Å². The molecule has 0 aliphatic rings. The first-order chi connectivity index (χ1) is 10.7. The number of halogens is 3. The summed E-state index contributed by atoms with van der Waals surface area (Å²) in [5, 5.41) is 0.467. The Hall–Kier alpha value is -0.850. The second kappa shape index (κ2) is 7.36. The Labute approximate surface area is 148 Å². The van der Waals surface area contributed by atoms with Gasteiger partial charge in [0.05, 0.1) is 10.0 Å². The van der Waals surface area contributed by atoms with Gasteiger partial charge in [0.2, 0.25) is 0 Å². The number of nitrogens with one attached hydrogen (secondary N) is 1. The first-order valence-corrected chi connectivity index (χ1v) is 8.82. The van der Waals surface area contributed by atoms with Gasteiger partial charge in [0.25, 0.3) is 0 Å². The molecule has 0 amide bonds. The molecular formula is C16H17Cl2FN2OS. The lowest BCUT2D eigenvalue weighted by molar-refractivity contribution is 0.535. The molecule has 7 heteroatoms. The highest BCUT2D eigenvalue weighted by atomic mass is 35.5. The van der Waals surface area contributed by atoms with Crippen LogP contribution < -0.4 is 4.72 Å². The van der Waals surface area contributed by atoms with Gasteiger partial charge in [-0.3, -0.25) is 4.98 Å². The molecule has 2 rings (SSSR count). The van der Waals surface area contributed by atoms with Gasteiger partial charge in [-0.15, -0.1) is 4.72 Å². The van der Waals surface area contributed by atoms with E-state index in [0.29, 0.717) is 10.6 Å². The third-order valence-electron chi connectivity index (χ3n) is 3.12. The van der Waals surface area contributed by atoms with Crippen LogP contribution in [-0.2, 0) is 11.4 Å². The molecule has 1 N–H and O–H groups in total. The average molecular weight is 375 g/mol. The highest BCUT2D eigenvalue weighted by Gasteiger charge is 2.31.